The fourth-order valence-corrected chi connectivity index (χ4v) is 2.73. The molecule has 0 aliphatic heterocycles. The molecule has 0 aliphatic carbocycles. The van der Waals surface area contributed by atoms with Gasteiger partial charge in [-0.2, -0.15) is 0 Å². The molecule has 0 aromatic heterocycles. The van der Waals surface area contributed by atoms with E-state index in [-0.39, 0.29) is 0 Å². The third kappa shape index (κ3) is 3.81. The number of rotatable bonds is 5. The molecule has 2 rings (SSSR count). The van der Waals surface area contributed by atoms with E-state index in [4.69, 9.17) is 32.7 Å². The summed E-state index contributed by atoms with van der Waals surface area (Å²) in [5, 5.41) is 0.654. The van der Waals surface area contributed by atoms with Crippen LogP contribution < -0.4 is 9.47 Å². The van der Waals surface area contributed by atoms with Crippen molar-refractivity contribution >= 4 is 39.1 Å². The smallest absolute Gasteiger partial charge is 0.125 e. The summed E-state index contributed by atoms with van der Waals surface area (Å²) in [7, 11) is 1.62. The Morgan fingerprint density at radius 3 is 2.60 bits per heavy atom. The summed E-state index contributed by atoms with van der Waals surface area (Å²) in [4.78, 5) is 0. The van der Waals surface area contributed by atoms with Crippen LogP contribution in [0, 0.1) is 0 Å². The van der Waals surface area contributed by atoms with Gasteiger partial charge in [-0.1, -0.05) is 27.5 Å². The van der Waals surface area contributed by atoms with Crippen LogP contribution in [0.25, 0.3) is 0 Å². The first-order valence-corrected chi connectivity index (χ1v) is 7.64. The first kappa shape index (κ1) is 15.5. The Kier molecular flexibility index (Phi) is 5.58. The molecule has 0 spiro atoms. The van der Waals surface area contributed by atoms with Crippen molar-refractivity contribution < 1.29 is 9.47 Å². The third-order valence-corrected chi connectivity index (χ3v) is 4.09. The summed E-state index contributed by atoms with van der Waals surface area (Å²) in [6, 6.07) is 11.2. The zero-order valence-electron chi connectivity index (χ0n) is 10.8. The number of hydrogen-bond acceptors (Lipinski definition) is 2. The van der Waals surface area contributed by atoms with E-state index in [2.05, 4.69) is 15.9 Å². The zero-order chi connectivity index (χ0) is 14.5. The summed E-state index contributed by atoms with van der Waals surface area (Å²) >= 11 is 15.3. The highest BCUT2D eigenvalue weighted by molar-refractivity contribution is 9.10. The molecule has 20 heavy (non-hydrogen) atoms. The van der Waals surface area contributed by atoms with Crippen LogP contribution in [0.5, 0.6) is 11.5 Å². The Bertz CT molecular complexity index is 602. The SMILES string of the molecule is COc1ccc(Cl)cc1COc1ccc(Br)c(CCl)c1. The molecule has 0 bridgehead atoms. The van der Waals surface area contributed by atoms with Gasteiger partial charge in [0, 0.05) is 20.9 Å². The van der Waals surface area contributed by atoms with Crippen molar-refractivity contribution in [1.29, 1.82) is 0 Å². The van der Waals surface area contributed by atoms with Crippen molar-refractivity contribution in [3.63, 3.8) is 0 Å². The van der Waals surface area contributed by atoms with E-state index in [9.17, 15) is 0 Å². The van der Waals surface area contributed by atoms with Crippen LogP contribution in [0.2, 0.25) is 5.02 Å². The van der Waals surface area contributed by atoms with Gasteiger partial charge in [-0.25, -0.2) is 0 Å². The quantitative estimate of drug-likeness (QED) is 0.648. The van der Waals surface area contributed by atoms with Crippen molar-refractivity contribution in [3.05, 3.63) is 57.0 Å². The van der Waals surface area contributed by atoms with Crippen molar-refractivity contribution in [3.8, 4) is 11.5 Å². The monoisotopic (exact) mass is 374 g/mol. The van der Waals surface area contributed by atoms with Crippen molar-refractivity contribution in [2.24, 2.45) is 0 Å². The maximum absolute atomic E-state index is 5.99. The van der Waals surface area contributed by atoms with Crippen LogP contribution in [0.3, 0.4) is 0 Å². The minimum absolute atomic E-state index is 0.382. The fourth-order valence-electron chi connectivity index (χ4n) is 1.76. The normalized spacial score (nSPS) is 10.4. The van der Waals surface area contributed by atoms with Gasteiger partial charge in [0.25, 0.3) is 0 Å². The molecule has 0 radical (unpaired) electrons. The van der Waals surface area contributed by atoms with E-state index in [1.54, 1.807) is 13.2 Å². The van der Waals surface area contributed by atoms with Gasteiger partial charge < -0.3 is 9.47 Å². The molecular weight excluding hydrogens is 363 g/mol. The third-order valence-electron chi connectivity index (χ3n) is 2.80. The average molecular weight is 376 g/mol. The molecule has 5 heteroatoms. The number of benzene rings is 2. The first-order chi connectivity index (χ1) is 9.63. The second kappa shape index (κ2) is 7.21. The lowest BCUT2D eigenvalue weighted by atomic mass is 10.2. The van der Waals surface area contributed by atoms with Gasteiger partial charge in [-0.05, 0) is 42.0 Å². The molecule has 2 aromatic rings. The van der Waals surface area contributed by atoms with Crippen molar-refractivity contribution in [2.75, 3.05) is 7.11 Å². The maximum atomic E-state index is 5.99. The maximum Gasteiger partial charge on any atom is 0.125 e. The molecular formula is C15H13BrCl2O2. The molecule has 2 aromatic carbocycles. The molecule has 106 valence electrons. The standard InChI is InChI=1S/C15H13BrCl2O2/c1-19-15-5-2-12(18)6-11(15)9-20-13-3-4-14(16)10(7-13)8-17/h2-7H,8-9H2,1H3. The number of alkyl halides is 1. The first-order valence-electron chi connectivity index (χ1n) is 5.93. The lowest BCUT2D eigenvalue weighted by molar-refractivity contribution is 0.296. The molecule has 0 fully saturated rings. The summed E-state index contributed by atoms with van der Waals surface area (Å²) in [5.74, 6) is 1.94. The molecule has 2 nitrogen and oxygen atoms in total. The molecule has 0 aliphatic rings. The van der Waals surface area contributed by atoms with Gasteiger partial charge in [0.15, 0.2) is 0 Å². The fraction of sp³-hybridized carbons (Fsp3) is 0.200. The van der Waals surface area contributed by atoms with Gasteiger partial charge in [-0.15, -0.1) is 11.6 Å². The van der Waals surface area contributed by atoms with Gasteiger partial charge in [0.05, 0.1) is 7.11 Å². The van der Waals surface area contributed by atoms with Gasteiger partial charge >= 0.3 is 0 Å². The highest BCUT2D eigenvalue weighted by Gasteiger charge is 2.06. The molecule has 0 amide bonds. The van der Waals surface area contributed by atoms with Gasteiger partial charge in [0.2, 0.25) is 0 Å². The van der Waals surface area contributed by atoms with E-state index in [1.807, 2.05) is 30.3 Å². The zero-order valence-corrected chi connectivity index (χ0v) is 13.9. The van der Waals surface area contributed by atoms with Crippen LogP contribution in [0.15, 0.2) is 40.9 Å². The Morgan fingerprint density at radius 1 is 1.10 bits per heavy atom. The average Bonchev–Trinajstić information content (AvgIpc) is 2.46. The molecule has 0 saturated heterocycles. The van der Waals surface area contributed by atoms with E-state index < -0.39 is 0 Å². The predicted octanol–water partition coefficient (Wildman–Crippen LogP) is 5.43. The van der Waals surface area contributed by atoms with Gasteiger partial charge in [-0.3, -0.25) is 0 Å². The topological polar surface area (TPSA) is 18.5 Å². The van der Waals surface area contributed by atoms with Crippen LogP contribution in [0.1, 0.15) is 11.1 Å². The lowest BCUT2D eigenvalue weighted by Gasteiger charge is -2.11. The van der Waals surface area contributed by atoms with Gasteiger partial charge in [0.1, 0.15) is 18.1 Å². The number of ether oxygens (including phenoxy) is 2. The largest absolute Gasteiger partial charge is 0.496 e. The second-order valence-electron chi connectivity index (χ2n) is 4.13. The number of hydrogen-bond donors (Lipinski definition) is 0. The Balaban J connectivity index is 2.14. The van der Waals surface area contributed by atoms with E-state index >= 15 is 0 Å². The summed E-state index contributed by atoms with van der Waals surface area (Å²) in [6.45, 7) is 0.382. The van der Waals surface area contributed by atoms with Crippen LogP contribution >= 0.6 is 39.1 Å². The van der Waals surface area contributed by atoms with E-state index in [1.165, 1.54) is 0 Å². The minimum atomic E-state index is 0.382. The van der Waals surface area contributed by atoms with Crippen LogP contribution in [-0.2, 0) is 12.5 Å². The highest BCUT2D eigenvalue weighted by atomic mass is 79.9. The molecule has 0 N–H and O–H groups in total. The van der Waals surface area contributed by atoms with E-state index in [0.717, 1.165) is 27.1 Å². The Labute approximate surface area is 136 Å². The Morgan fingerprint density at radius 2 is 1.90 bits per heavy atom. The van der Waals surface area contributed by atoms with Crippen LogP contribution in [-0.4, -0.2) is 7.11 Å². The summed E-state index contributed by atoms with van der Waals surface area (Å²) < 4.78 is 12.0. The molecule has 0 heterocycles. The Hall–Kier alpha value is -0.900. The van der Waals surface area contributed by atoms with Crippen molar-refractivity contribution in [1.82, 2.24) is 0 Å². The molecule has 0 saturated carbocycles. The second-order valence-corrected chi connectivity index (χ2v) is 5.69. The summed E-state index contributed by atoms with van der Waals surface area (Å²) in [5.41, 5.74) is 1.89. The molecule has 0 unspecified atom stereocenters. The molecule has 0 atom stereocenters. The highest BCUT2D eigenvalue weighted by Crippen LogP contribution is 2.27. The van der Waals surface area contributed by atoms with Crippen molar-refractivity contribution in [2.45, 2.75) is 12.5 Å². The number of halogens is 3. The van der Waals surface area contributed by atoms with E-state index in [0.29, 0.717) is 17.5 Å². The van der Waals surface area contributed by atoms with Crippen LogP contribution in [0.4, 0.5) is 0 Å². The number of methoxy groups -OCH3 is 1. The summed E-state index contributed by atoms with van der Waals surface area (Å²) in [6.07, 6.45) is 0. The minimum Gasteiger partial charge on any atom is -0.496 e. The predicted molar refractivity (Wildman–Crippen MR) is 86.0 cm³/mol. The lowest BCUT2D eigenvalue weighted by Crippen LogP contribution is -1.99.